The number of aromatic nitrogens is 2. The molecular weight excluding hydrogens is 579 g/mol. The van der Waals surface area contributed by atoms with E-state index >= 15 is 0 Å². The van der Waals surface area contributed by atoms with Crippen LogP contribution < -0.4 is 5.56 Å². The molecule has 0 spiro atoms. The molecule has 5 rings (SSSR count). The number of pyridine rings is 1. The molecule has 42 heavy (non-hydrogen) atoms. The van der Waals surface area contributed by atoms with Crippen LogP contribution in [0.25, 0.3) is 21.8 Å². The highest BCUT2D eigenvalue weighted by molar-refractivity contribution is 6.37. The van der Waals surface area contributed by atoms with Crippen LogP contribution in [-0.2, 0) is 17.7 Å². The van der Waals surface area contributed by atoms with Crippen LogP contribution in [0.15, 0.2) is 46.9 Å². The molecule has 1 saturated heterocycles. The predicted octanol–water partition coefficient (Wildman–Crippen LogP) is 6.30. The SMILES string of the molecule is Cc1c(CCCN(C)CC2C=CC(N3CCOCC3)=CC2)c2c3c(Cl)cc(=O)[nH]c3ccc2n1CC(F)(F)C(F)(F)F. The summed E-state index contributed by atoms with van der Waals surface area (Å²) < 4.78 is 74.5. The summed E-state index contributed by atoms with van der Waals surface area (Å²) in [5, 5.41) is 1.04. The number of alkyl halides is 5. The van der Waals surface area contributed by atoms with Crippen molar-refractivity contribution in [1.29, 1.82) is 0 Å². The highest BCUT2D eigenvalue weighted by Crippen LogP contribution is 2.41. The number of benzene rings is 1. The maximum atomic E-state index is 14.2. The van der Waals surface area contributed by atoms with Crippen LogP contribution in [0.3, 0.4) is 0 Å². The van der Waals surface area contributed by atoms with Crippen LogP contribution in [0.5, 0.6) is 0 Å². The average molecular weight is 613 g/mol. The van der Waals surface area contributed by atoms with Gasteiger partial charge in [-0.25, -0.2) is 0 Å². The predicted molar refractivity (Wildman–Crippen MR) is 154 cm³/mol. The Morgan fingerprint density at radius 3 is 2.55 bits per heavy atom. The van der Waals surface area contributed by atoms with Crippen LogP contribution in [-0.4, -0.2) is 77.9 Å². The fourth-order valence-corrected chi connectivity index (χ4v) is 6.31. The third-order valence-corrected chi connectivity index (χ3v) is 8.50. The van der Waals surface area contributed by atoms with Crippen LogP contribution in [0.1, 0.15) is 24.1 Å². The Bertz CT molecular complexity index is 1570. The summed E-state index contributed by atoms with van der Waals surface area (Å²) in [6.07, 6.45) is 2.98. The first kappa shape index (κ1) is 30.6. The molecule has 0 saturated carbocycles. The second kappa shape index (κ2) is 12.0. The standard InChI is InChI=1S/C30H34ClF5N4O2/c1-19-22(4-3-11-38(2)17-20-5-7-21(8-6-20)39-12-14-42-15-13-39)27-25(40(19)18-29(32,33)30(34,35)36)10-9-24-28(27)23(31)16-26(41)37-24/h5,7-10,16,20H,3-4,6,11-15,17-18H2,1-2H3,(H,37,41). The first-order valence-electron chi connectivity index (χ1n) is 14.0. The molecule has 2 aliphatic rings. The maximum Gasteiger partial charge on any atom is 0.455 e. The quantitative estimate of drug-likeness (QED) is 0.288. The number of ether oxygens (including phenoxy) is 1. The molecule has 0 amide bonds. The third-order valence-electron chi connectivity index (χ3n) is 8.20. The Balaban J connectivity index is 1.34. The van der Waals surface area contributed by atoms with E-state index < -0.39 is 24.2 Å². The van der Waals surface area contributed by atoms with Crippen molar-refractivity contribution in [2.45, 2.75) is 44.8 Å². The number of hydrogen-bond donors (Lipinski definition) is 1. The van der Waals surface area contributed by atoms with Crippen molar-refractivity contribution in [3.8, 4) is 0 Å². The molecule has 1 aromatic carbocycles. The van der Waals surface area contributed by atoms with E-state index in [1.165, 1.54) is 23.9 Å². The number of nitrogens with zero attached hydrogens (tertiary/aromatic N) is 3. The molecule has 1 aliphatic carbocycles. The largest absolute Gasteiger partial charge is 0.455 e. The molecule has 12 heteroatoms. The number of allylic oxidation sites excluding steroid dienone is 2. The molecule has 1 aliphatic heterocycles. The van der Waals surface area contributed by atoms with Crippen molar-refractivity contribution in [2.75, 3.05) is 46.4 Å². The van der Waals surface area contributed by atoms with Crippen molar-refractivity contribution in [3.05, 3.63) is 68.8 Å². The Kier molecular flexibility index (Phi) is 8.74. The number of morpholine rings is 1. The summed E-state index contributed by atoms with van der Waals surface area (Å²) in [5.41, 5.74) is 2.38. The van der Waals surface area contributed by atoms with E-state index in [2.05, 4.69) is 33.0 Å². The summed E-state index contributed by atoms with van der Waals surface area (Å²) in [4.78, 5) is 19.2. The van der Waals surface area contributed by atoms with Gasteiger partial charge in [0.05, 0.1) is 30.3 Å². The van der Waals surface area contributed by atoms with E-state index in [0.717, 1.165) is 43.8 Å². The lowest BCUT2D eigenvalue weighted by Gasteiger charge is -2.32. The van der Waals surface area contributed by atoms with Gasteiger partial charge in [0.15, 0.2) is 0 Å². The Morgan fingerprint density at radius 2 is 1.88 bits per heavy atom. The van der Waals surface area contributed by atoms with Gasteiger partial charge in [-0.05, 0) is 69.5 Å². The van der Waals surface area contributed by atoms with E-state index in [0.29, 0.717) is 52.9 Å². The number of rotatable bonds is 9. The Hall–Kier alpha value is -2.89. The molecular formula is C30H34ClF5N4O2. The first-order valence-corrected chi connectivity index (χ1v) is 14.4. The lowest BCUT2D eigenvalue weighted by atomic mass is 9.98. The van der Waals surface area contributed by atoms with Crippen LogP contribution >= 0.6 is 11.6 Å². The Labute approximate surface area is 245 Å². The molecule has 1 N–H and O–H groups in total. The summed E-state index contributed by atoms with van der Waals surface area (Å²) in [7, 11) is 2.02. The second-order valence-corrected chi connectivity index (χ2v) is 11.6. The minimum absolute atomic E-state index is 0.117. The molecule has 1 atom stereocenters. The smallest absolute Gasteiger partial charge is 0.378 e. The number of nitrogens with one attached hydrogen (secondary N) is 1. The van der Waals surface area contributed by atoms with Gasteiger partial charge >= 0.3 is 12.1 Å². The average Bonchev–Trinajstić information content (AvgIpc) is 3.18. The second-order valence-electron chi connectivity index (χ2n) is 11.2. The molecule has 6 nitrogen and oxygen atoms in total. The minimum atomic E-state index is -5.69. The number of aryl methyl sites for hydroxylation is 1. The van der Waals surface area contributed by atoms with Gasteiger partial charge in [0.1, 0.15) is 0 Å². The molecule has 0 bridgehead atoms. The molecule has 1 unspecified atom stereocenters. The highest BCUT2D eigenvalue weighted by atomic mass is 35.5. The molecule has 1 fully saturated rings. The summed E-state index contributed by atoms with van der Waals surface area (Å²) in [6.45, 7) is 4.80. The number of H-pyrrole nitrogens is 1. The summed E-state index contributed by atoms with van der Waals surface area (Å²) >= 11 is 6.45. The summed E-state index contributed by atoms with van der Waals surface area (Å²) in [6, 6.07) is 4.14. The lowest BCUT2D eigenvalue weighted by molar-refractivity contribution is -0.286. The number of halogens is 6. The summed E-state index contributed by atoms with van der Waals surface area (Å²) in [5.74, 6) is -4.57. The fourth-order valence-electron chi connectivity index (χ4n) is 6.01. The van der Waals surface area contributed by atoms with Crippen LogP contribution in [0.2, 0.25) is 5.02 Å². The maximum absolute atomic E-state index is 14.2. The fraction of sp³-hybridized carbons (Fsp3) is 0.500. The number of hydrogen-bond acceptors (Lipinski definition) is 4. The van der Waals surface area contributed by atoms with Gasteiger partial charge in [-0.2, -0.15) is 22.0 Å². The molecule has 2 aromatic heterocycles. The van der Waals surface area contributed by atoms with E-state index in [1.54, 1.807) is 6.92 Å². The van der Waals surface area contributed by atoms with Crippen molar-refractivity contribution < 1.29 is 26.7 Å². The monoisotopic (exact) mass is 612 g/mol. The first-order chi connectivity index (χ1) is 19.9. The molecule has 3 aromatic rings. The molecule has 3 heterocycles. The van der Waals surface area contributed by atoms with E-state index in [1.807, 2.05) is 7.05 Å². The van der Waals surface area contributed by atoms with Gasteiger partial charge in [-0.1, -0.05) is 23.8 Å². The van der Waals surface area contributed by atoms with Crippen LogP contribution in [0, 0.1) is 12.8 Å². The minimum Gasteiger partial charge on any atom is -0.378 e. The number of aromatic amines is 1. The van der Waals surface area contributed by atoms with Crippen molar-refractivity contribution in [3.63, 3.8) is 0 Å². The molecule has 228 valence electrons. The molecule has 0 radical (unpaired) electrons. The zero-order valence-electron chi connectivity index (χ0n) is 23.5. The van der Waals surface area contributed by atoms with Crippen molar-refractivity contribution in [1.82, 2.24) is 19.4 Å². The zero-order chi connectivity index (χ0) is 30.2. The van der Waals surface area contributed by atoms with Gasteiger partial charge in [0.25, 0.3) is 0 Å². The topological polar surface area (TPSA) is 53.5 Å². The lowest BCUT2D eigenvalue weighted by Crippen LogP contribution is -2.40. The number of fused-ring (bicyclic) bond motifs is 3. The van der Waals surface area contributed by atoms with Gasteiger partial charge in [-0.3, -0.25) is 4.79 Å². The Morgan fingerprint density at radius 1 is 1.14 bits per heavy atom. The van der Waals surface area contributed by atoms with E-state index in [-0.39, 0.29) is 10.5 Å². The highest BCUT2D eigenvalue weighted by Gasteiger charge is 2.57. The van der Waals surface area contributed by atoms with Crippen molar-refractivity contribution in [2.24, 2.45) is 5.92 Å². The van der Waals surface area contributed by atoms with Gasteiger partial charge in [0, 0.05) is 53.4 Å². The van der Waals surface area contributed by atoms with E-state index in [4.69, 9.17) is 16.3 Å². The van der Waals surface area contributed by atoms with Gasteiger partial charge < -0.3 is 24.1 Å². The van der Waals surface area contributed by atoms with Gasteiger partial charge in [-0.15, -0.1) is 0 Å². The van der Waals surface area contributed by atoms with Crippen LogP contribution in [0.4, 0.5) is 22.0 Å². The van der Waals surface area contributed by atoms with E-state index in [9.17, 15) is 26.7 Å². The third kappa shape index (κ3) is 6.23. The normalized spacial score (nSPS) is 18.5. The van der Waals surface area contributed by atoms with Gasteiger partial charge in [0.2, 0.25) is 5.56 Å². The zero-order valence-corrected chi connectivity index (χ0v) is 24.3. The van der Waals surface area contributed by atoms with Crippen molar-refractivity contribution >= 4 is 33.4 Å².